The van der Waals surface area contributed by atoms with Crippen molar-refractivity contribution in [3.05, 3.63) is 60.7 Å². The lowest BCUT2D eigenvalue weighted by molar-refractivity contribution is -0.119. The first-order valence-electron chi connectivity index (χ1n) is 10.2. The molecule has 2 aromatic carbocycles. The average molecular weight is 407 g/mol. The van der Waals surface area contributed by atoms with Crippen LogP contribution < -0.4 is 5.32 Å². The van der Waals surface area contributed by atoms with Gasteiger partial charge in [0.05, 0.1) is 5.75 Å². The molecule has 0 saturated heterocycles. The van der Waals surface area contributed by atoms with Gasteiger partial charge in [-0.3, -0.25) is 9.36 Å². The zero-order valence-electron chi connectivity index (χ0n) is 16.6. The number of para-hydroxylation sites is 1. The molecule has 1 saturated carbocycles. The highest BCUT2D eigenvalue weighted by atomic mass is 32.2. The Balaban J connectivity index is 1.53. The molecular formula is C23H26N4OS. The number of carbonyl (C=O) groups excluding carboxylic acids is 1. The lowest BCUT2D eigenvalue weighted by atomic mass is 9.86. The molecule has 1 fully saturated rings. The van der Waals surface area contributed by atoms with Crippen molar-refractivity contribution in [3.8, 4) is 17.1 Å². The number of nitrogens with zero attached hydrogens (tertiary/aromatic N) is 3. The van der Waals surface area contributed by atoms with Gasteiger partial charge in [0, 0.05) is 17.3 Å². The van der Waals surface area contributed by atoms with Gasteiger partial charge in [-0.25, -0.2) is 0 Å². The summed E-state index contributed by atoms with van der Waals surface area (Å²) >= 11 is 1.43. The fraction of sp³-hybridized carbons (Fsp3) is 0.348. The molecule has 6 heteroatoms. The van der Waals surface area contributed by atoms with Crippen LogP contribution >= 0.6 is 11.8 Å². The van der Waals surface area contributed by atoms with Crippen LogP contribution in [0.2, 0.25) is 0 Å². The Morgan fingerprint density at radius 2 is 1.72 bits per heavy atom. The van der Waals surface area contributed by atoms with Gasteiger partial charge in [-0.2, -0.15) is 0 Å². The molecule has 1 amide bonds. The first-order chi connectivity index (χ1) is 14.2. The third-order valence-electron chi connectivity index (χ3n) is 5.47. The zero-order chi connectivity index (χ0) is 20.1. The zero-order valence-corrected chi connectivity index (χ0v) is 17.4. The van der Waals surface area contributed by atoms with Crippen molar-refractivity contribution in [1.82, 2.24) is 20.1 Å². The van der Waals surface area contributed by atoms with Crippen LogP contribution in [-0.2, 0) is 4.79 Å². The van der Waals surface area contributed by atoms with E-state index in [1.165, 1.54) is 31.0 Å². The van der Waals surface area contributed by atoms with E-state index in [4.69, 9.17) is 0 Å². The van der Waals surface area contributed by atoms with Gasteiger partial charge in [0.15, 0.2) is 11.0 Å². The van der Waals surface area contributed by atoms with Crippen molar-refractivity contribution in [2.24, 2.45) is 5.92 Å². The Morgan fingerprint density at radius 3 is 2.45 bits per heavy atom. The van der Waals surface area contributed by atoms with E-state index in [1.807, 2.05) is 65.2 Å². The molecule has 3 aromatic rings. The number of carbonyl (C=O) groups is 1. The third kappa shape index (κ3) is 4.70. The first-order valence-corrected chi connectivity index (χ1v) is 11.2. The monoisotopic (exact) mass is 406 g/mol. The molecule has 0 spiro atoms. The third-order valence-corrected chi connectivity index (χ3v) is 6.40. The van der Waals surface area contributed by atoms with Crippen LogP contribution in [0.4, 0.5) is 0 Å². The predicted molar refractivity (Wildman–Crippen MR) is 117 cm³/mol. The molecule has 1 aliphatic rings. The Morgan fingerprint density at radius 1 is 1.03 bits per heavy atom. The number of hydrogen-bond acceptors (Lipinski definition) is 4. The van der Waals surface area contributed by atoms with Gasteiger partial charge < -0.3 is 5.32 Å². The minimum absolute atomic E-state index is 0.0672. The Labute approximate surface area is 175 Å². The molecule has 1 aromatic heterocycles. The van der Waals surface area contributed by atoms with E-state index in [2.05, 4.69) is 22.4 Å². The summed E-state index contributed by atoms with van der Waals surface area (Å²) in [7, 11) is 0. The van der Waals surface area contributed by atoms with Gasteiger partial charge in [0.2, 0.25) is 5.91 Å². The smallest absolute Gasteiger partial charge is 0.230 e. The highest BCUT2D eigenvalue weighted by Crippen LogP contribution is 2.28. The minimum atomic E-state index is 0.0672. The van der Waals surface area contributed by atoms with Gasteiger partial charge in [0.1, 0.15) is 0 Å². The Kier molecular flexibility index (Phi) is 6.30. The maximum Gasteiger partial charge on any atom is 0.230 e. The predicted octanol–water partition coefficient (Wildman–Crippen LogP) is 4.72. The average Bonchev–Trinajstić information content (AvgIpc) is 3.19. The highest BCUT2D eigenvalue weighted by Gasteiger charge is 2.23. The van der Waals surface area contributed by atoms with E-state index in [-0.39, 0.29) is 5.91 Å². The second kappa shape index (κ2) is 9.27. The number of rotatable bonds is 6. The number of thioether (sulfide) groups is 1. The molecule has 1 N–H and O–H groups in total. The van der Waals surface area contributed by atoms with E-state index in [0.29, 0.717) is 17.7 Å². The van der Waals surface area contributed by atoms with Gasteiger partial charge in [0.25, 0.3) is 0 Å². The summed E-state index contributed by atoms with van der Waals surface area (Å²) in [6.07, 6.45) is 4.74. The molecule has 2 atom stereocenters. The largest absolute Gasteiger partial charge is 0.352 e. The van der Waals surface area contributed by atoms with Crippen molar-refractivity contribution in [2.75, 3.05) is 5.75 Å². The summed E-state index contributed by atoms with van der Waals surface area (Å²) in [6, 6.07) is 20.4. The summed E-state index contributed by atoms with van der Waals surface area (Å²) in [5.74, 6) is 1.73. The summed E-state index contributed by atoms with van der Waals surface area (Å²) in [5, 5.41) is 12.8. The lowest BCUT2D eigenvalue weighted by Crippen LogP contribution is -2.41. The van der Waals surface area contributed by atoms with Crippen molar-refractivity contribution < 1.29 is 4.79 Å². The summed E-state index contributed by atoms with van der Waals surface area (Å²) in [4.78, 5) is 12.6. The van der Waals surface area contributed by atoms with Gasteiger partial charge in [-0.15, -0.1) is 10.2 Å². The molecule has 0 aliphatic heterocycles. The normalized spacial score (nSPS) is 19.1. The van der Waals surface area contributed by atoms with Crippen LogP contribution in [0.15, 0.2) is 65.8 Å². The van der Waals surface area contributed by atoms with Crippen LogP contribution in [0.3, 0.4) is 0 Å². The molecule has 0 radical (unpaired) electrons. The fourth-order valence-electron chi connectivity index (χ4n) is 3.86. The van der Waals surface area contributed by atoms with Gasteiger partial charge >= 0.3 is 0 Å². The molecule has 5 nitrogen and oxygen atoms in total. The number of hydrogen-bond donors (Lipinski definition) is 1. The summed E-state index contributed by atoms with van der Waals surface area (Å²) < 4.78 is 2.02. The number of aromatic nitrogens is 3. The standard InChI is InChI=1S/C23H26N4OS/c1-17-10-8-9-15-20(17)24-21(28)16-29-23-26-25-22(18-11-4-2-5-12-18)27(23)19-13-6-3-7-14-19/h2-7,11-14,17,20H,8-10,15-16H2,1H3,(H,24,28)/t17-,20-/m1/s1. The minimum Gasteiger partial charge on any atom is -0.352 e. The summed E-state index contributed by atoms with van der Waals surface area (Å²) in [6.45, 7) is 2.23. The second-order valence-electron chi connectivity index (χ2n) is 7.57. The van der Waals surface area contributed by atoms with Crippen LogP contribution in [0.1, 0.15) is 32.6 Å². The van der Waals surface area contributed by atoms with E-state index < -0.39 is 0 Å². The molecular weight excluding hydrogens is 380 g/mol. The lowest BCUT2D eigenvalue weighted by Gasteiger charge is -2.29. The van der Waals surface area contributed by atoms with E-state index >= 15 is 0 Å². The van der Waals surface area contributed by atoms with Crippen molar-refractivity contribution >= 4 is 17.7 Å². The maximum absolute atomic E-state index is 12.6. The van der Waals surface area contributed by atoms with Gasteiger partial charge in [-0.05, 0) is 30.9 Å². The van der Waals surface area contributed by atoms with E-state index in [1.54, 1.807) is 0 Å². The summed E-state index contributed by atoms with van der Waals surface area (Å²) in [5.41, 5.74) is 1.98. The SMILES string of the molecule is C[C@@H]1CCCC[C@H]1NC(=O)CSc1nnc(-c2ccccc2)n1-c1ccccc1. The van der Waals surface area contributed by atoms with Gasteiger partial charge in [-0.1, -0.05) is 80.1 Å². The van der Waals surface area contributed by atoms with Crippen LogP contribution in [0.5, 0.6) is 0 Å². The molecule has 1 heterocycles. The molecule has 150 valence electrons. The fourth-order valence-corrected chi connectivity index (χ4v) is 4.62. The van der Waals surface area contributed by atoms with E-state index in [0.717, 1.165) is 28.7 Å². The van der Waals surface area contributed by atoms with Crippen molar-refractivity contribution in [2.45, 2.75) is 43.8 Å². The molecule has 1 aliphatic carbocycles. The van der Waals surface area contributed by atoms with Crippen molar-refractivity contribution in [1.29, 1.82) is 0 Å². The molecule has 0 bridgehead atoms. The van der Waals surface area contributed by atoms with E-state index in [9.17, 15) is 4.79 Å². The highest BCUT2D eigenvalue weighted by molar-refractivity contribution is 7.99. The quantitative estimate of drug-likeness (QED) is 0.602. The first kappa shape index (κ1) is 19.7. The Bertz CT molecular complexity index is 942. The number of nitrogens with one attached hydrogen (secondary N) is 1. The molecule has 29 heavy (non-hydrogen) atoms. The van der Waals surface area contributed by atoms with Crippen LogP contribution in [-0.4, -0.2) is 32.5 Å². The van der Waals surface area contributed by atoms with Crippen LogP contribution in [0, 0.1) is 5.92 Å². The maximum atomic E-state index is 12.6. The topological polar surface area (TPSA) is 59.8 Å². The van der Waals surface area contributed by atoms with Crippen LogP contribution in [0.25, 0.3) is 17.1 Å². The van der Waals surface area contributed by atoms with Crippen molar-refractivity contribution in [3.63, 3.8) is 0 Å². The molecule has 4 rings (SSSR count). The number of benzene rings is 2. The second-order valence-corrected chi connectivity index (χ2v) is 8.51. The molecule has 0 unspecified atom stereocenters. The number of amides is 1. The Hall–Kier alpha value is -2.60.